The van der Waals surface area contributed by atoms with Crippen molar-refractivity contribution in [3.05, 3.63) is 0 Å². The lowest BCUT2D eigenvalue weighted by Crippen LogP contribution is -2.46. The minimum absolute atomic E-state index is 0.216. The van der Waals surface area contributed by atoms with Gasteiger partial charge < -0.3 is 20.5 Å². The van der Waals surface area contributed by atoms with Crippen molar-refractivity contribution in [3.63, 3.8) is 0 Å². The van der Waals surface area contributed by atoms with E-state index in [0.29, 0.717) is 0 Å². The van der Waals surface area contributed by atoms with Gasteiger partial charge in [0.1, 0.15) is 6.54 Å². The summed E-state index contributed by atoms with van der Waals surface area (Å²) in [5.74, 6) is -1.91. The van der Waals surface area contributed by atoms with Gasteiger partial charge in [0.2, 0.25) is 11.8 Å². The minimum atomic E-state index is -1.12. The molecule has 0 aromatic carbocycles. The largest absolute Gasteiger partial charge is 0.480 e. The normalized spacial score (nSPS) is 16.5. The number of hydrogen-bond acceptors (Lipinski definition) is 4. The van der Waals surface area contributed by atoms with Crippen molar-refractivity contribution >= 4 is 17.8 Å². The van der Waals surface area contributed by atoms with Gasteiger partial charge >= 0.3 is 5.97 Å². The molecule has 1 aliphatic rings. The van der Waals surface area contributed by atoms with Crippen LogP contribution in [0.3, 0.4) is 0 Å². The Kier molecular flexibility index (Phi) is 5.08. The fourth-order valence-corrected chi connectivity index (χ4v) is 1.79. The topological polar surface area (TPSA) is 105 Å². The molecule has 7 nitrogen and oxygen atoms in total. The van der Waals surface area contributed by atoms with Gasteiger partial charge in [0.25, 0.3) is 0 Å². The van der Waals surface area contributed by atoms with Crippen molar-refractivity contribution in [2.45, 2.75) is 31.3 Å². The Morgan fingerprint density at radius 1 is 1.17 bits per heavy atom. The van der Waals surface area contributed by atoms with Gasteiger partial charge in [-0.05, 0) is 19.3 Å². The smallest absolute Gasteiger partial charge is 0.322 e. The molecule has 0 atom stereocenters. The van der Waals surface area contributed by atoms with E-state index in [4.69, 9.17) is 9.84 Å². The molecule has 0 spiro atoms. The fourth-order valence-electron chi connectivity index (χ4n) is 1.79. The van der Waals surface area contributed by atoms with Crippen LogP contribution in [0.4, 0.5) is 0 Å². The van der Waals surface area contributed by atoms with Crippen LogP contribution in [-0.4, -0.2) is 48.7 Å². The molecule has 18 heavy (non-hydrogen) atoms. The Morgan fingerprint density at radius 2 is 1.78 bits per heavy atom. The standard InChI is InChI=1S/C11H18N2O5/c1-18-11(3-2-4-11)5-8(14)12-6-9(15)13-7-10(16)17/h2-7H2,1H3,(H,12,14)(H,13,15)(H,16,17). The Labute approximate surface area is 105 Å². The minimum Gasteiger partial charge on any atom is -0.480 e. The zero-order valence-electron chi connectivity index (χ0n) is 10.3. The summed E-state index contributed by atoms with van der Waals surface area (Å²) < 4.78 is 5.29. The number of carbonyl (C=O) groups is 3. The third kappa shape index (κ3) is 4.33. The van der Waals surface area contributed by atoms with Crippen molar-refractivity contribution in [3.8, 4) is 0 Å². The number of rotatable bonds is 7. The van der Waals surface area contributed by atoms with Gasteiger partial charge in [-0.2, -0.15) is 0 Å². The predicted molar refractivity (Wildman–Crippen MR) is 61.9 cm³/mol. The highest BCUT2D eigenvalue weighted by atomic mass is 16.5. The van der Waals surface area contributed by atoms with Gasteiger partial charge in [-0.25, -0.2) is 0 Å². The van der Waals surface area contributed by atoms with Crippen molar-refractivity contribution in [1.82, 2.24) is 10.6 Å². The second kappa shape index (κ2) is 6.34. The van der Waals surface area contributed by atoms with E-state index >= 15 is 0 Å². The average molecular weight is 258 g/mol. The van der Waals surface area contributed by atoms with E-state index in [1.165, 1.54) is 0 Å². The number of aliphatic carboxylic acids is 1. The second-order valence-corrected chi connectivity index (χ2v) is 4.36. The third-order valence-electron chi connectivity index (χ3n) is 3.06. The van der Waals surface area contributed by atoms with Gasteiger partial charge in [0.15, 0.2) is 0 Å². The SMILES string of the molecule is COC1(CC(=O)NCC(=O)NCC(=O)O)CCC1. The van der Waals surface area contributed by atoms with E-state index in [-0.39, 0.29) is 24.5 Å². The summed E-state index contributed by atoms with van der Waals surface area (Å²) in [5, 5.41) is 12.9. The first-order valence-corrected chi connectivity index (χ1v) is 5.78. The number of carboxylic acid groups (broad SMARTS) is 1. The third-order valence-corrected chi connectivity index (χ3v) is 3.06. The van der Waals surface area contributed by atoms with E-state index in [1.807, 2.05) is 0 Å². The van der Waals surface area contributed by atoms with Crippen LogP contribution < -0.4 is 10.6 Å². The summed E-state index contributed by atoms with van der Waals surface area (Å²) in [5.41, 5.74) is -0.373. The van der Waals surface area contributed by atoms with Crippen molar-refractivity contribution < 1.29 is 24.2 Å². The zero-order chi connectivity index (χ0) is 13.6. The molecule has 7 heteroatoms. The van der Waals surface area contributed by atoms with E-state index in [0.717, 1.165) is 19.3 Å². The number of carboxylic acids is 1. The maximum absolute atomic E-state index is 11.6. The molecule has 1 aliphatic carbocycles. The molecule has 1 fully saturated rings. The fraction of sp³-hybridized carbons (Fsp3) is 0.727. The molecule has 0 radical (unpaired) electrons. The summed E-state index contributed by atoms with van der Waals surface area (Å²) >= 11 is 0. The van der Waals surface area contributed by atoms with Gasteiger partial charge in [0, 0.05) is 7.11 Å². The highest BCUT2D eigenvalue weighted by Gasteiger charge is 2.38. The molecule has 0 heterocycles. The molecular formula is C11H18N2O5. The lowest BCUT2D eigenvalue weighted by molar-refractivity contribution is -0.138. The number of amides is 2. The maximum atomic E-state index is 11.6. The first-order valence-electron chi connectivity index (χ1n) is 5.78. The van der Waals surface area contributed by atoms with Crippen molar-refractivity contribution in [2.75, 3.05) is 20.2 Å². The van der Waals surface area contributed by atoms with Crippen LogP contribution in [0.2, 0.25) is 0 Å². The highest BCUT2D eigenvalue weighted by Crippen LogP contribution is 2.37. The van der Waals surface area contributed by atoms with E-state index in [1.54, 1.807) is 7.11 Å². The average Bonchev–Trinajstić information content (AvgIpc) is 2.28. The number of nitrogens with one attached hydrogen (secondary N) is 2. The Morgan fingerprint density at radius 3 is 2.22 bits per heavy atom. The Hall–Kier alpha value is -1.63. The van der Waals surface area contributed by atoms with Crippen LogP contribution in [0, 0.1) is 0 Å². The molecule has 0 aromatic rings. The first-order chi connectivity index (χ1) is 8.47. The Bertz CT molecular complexity index is 333. The molecule has 3 N–H and O–H groups in total. The second-order valence-electron chi connectivity index (χ2n) is 4.36. The number of methoxy groups -OCH3 is 1. The van der Waals surface area contributed by atoms with Crippen LogP contribution in [0.5, 0.6) is 0 Å². The number of carbonyl (C=O) groups excluding carboxylic acids is 2. The molecule has 0 unspecified atom stereocenters. The monoisotopic (exact) mass is 258 g/mol. The molecule has 1 rings (SSSR count). The van der Waals surface area contributed by atoms with Crippen LogP contribution in [0.25, 0.3) is 0 Å². The highest BCUT2D eigenvalue weighted by molar-refractivity contribution is 5.86. The quantitative estimate of drug-likeness (QED) is 0.558. The maximum Gasteiger partial charge on any atom is 0.322 e. The summed E-state index contributed by atoms with van der Waals surface area (Å²) in [4.78, 5) is 32.9. The van der Waals surface area contributed by atoms with Gasteiger partial charge in [-0.3, -0.25) is 14.4 Å². The zero-order valence-corrected chi connectivity index (χ0v) is 10.3. The molecule has 1 saturated carbocycles. The predicted octanol–water partition coefficient (Wildman–Crippen LogP) is -0.737. The summed E-state index contributed by atoms with van der Waals surface area (Å²) in [6.45, 7) is -0.664. The molecule has 0 saturated heterocycles. The van der Waals surface area contributed by atoms with Crippen LogP contribution >= 0.6 is 0 Å². The molecule has 2 amide bonds. The molecule has 0 bridgehead atoms. The molecule has 0 aliphatic heterocycles. The summed E-state index contributed by atoms with van der Waals surface area (Å²) in [6, 6.07) is 0. The lowest BCUT2D eigenvalue weighted by Gasteiger charge is -2.39. The summed E-state index contributed by atoms with van der Waals surface area (Å²) in [7, 11) is 1.58. The van der Waals surface area contributed by atoms with Crippen LogP contribution in [0.1, 0.15) is 25.7 Å². The Balaban J connectivity index is 2.20. The van der Waals surface area contributed by atoms with Gasteiger partial charge in [-0.15, -0.1) is 0 Å². The number of ether oxygens (including phenoxy) is 1. The number of hydrogen-bond donors (Lipinski definition) is 3. The van der Waals surface area contributed by atoms with E-state index in [9.17, 15) is 14.4 Å². The first kappa shape index (κ1) is 14.4. The van der Waals surface area contributed by atoms with Gasteiger partial charge in [0.05, 0.1) is 18.6 Å². The molecular weight excluding hydrogens is 240 g/mol. The van der Waals surface area contributed by atoms with Crippen LogP contribution in [-0.2, 0) is 19.1 Å². The van der Waals surface area contributed by atoms with E-state index in [2.05, 4.69) is 10.6 Å². The summed E-state index contributed by atoms with van der Waals surface area (Å²) in [6.07, 6.45) is 2.97. The van der Waals surface area contributed by atoms with Gasteiger partial charge in [-0.1, -0.05) is 0 Å². The van der Waals surface area contributed by atoms with Crippen molar-refractivity contribution in [1.29, 1.82) is 0 Å². The molecule has 0 aromatic heterocycles. The van der Waals surface area contributed by atoms with Crippen LogP contribution in [0.15, 0.2) is 0 Å². The lowest BCUT2D eigenvalue weighted by atomic mass is 9.77. The molecule has 102 valence electrons. The van der Waals surface area contributed by atoms with Crippen molar-refractivity contribution in [2.24, 2.45) is 0 Å². The van der Waals surface area contributed by atoms with E-state index < -0.39 is 18.4 Å².